The molecule has 94 valence electrons. The fourth-order valence-electron chi connectivity index (χ4n) is 1.80. The van der Waals surface area contributed by atoms with Crippen LogP contribution >= 0.6 is 15.9 Å². The second-order valence-electron chi connectivity index (χ2n) is 3.64. The molecule has 18 heavy (non-hydrogen) atoms. The van der Waals surface area contributed by atoms with Crippen molar-refractivity contribution in [2.75, 3.05) is 21.3 Å². The Kier molecular flexibility index (Phi) is 3.81. The topological polar surface area (TPSA) is 43.7 Å². The largest absolute Gasteiger partial charge is 0.493 e. The zero-order valence-electron chi connectivity index (χ0n) is 10.4. The van der Waals surface area contributed by atoms with E-state index in [0.717, 1.165) is 20.9 Å². The molecule has 0 aliphatic carbocycles. The summed E-state index contributed by atoms with van der Waals surface area (Å²) in [4.78, 5) is 8.32. The van der Waals surface area contributed by atoms with Gasteiger partial charge in [0.2, 0.25) is 0 Å². The molecule has 0 saturated carbocycles. The van der Waals surface area contributed by atoms with Crippen molar-refractivity contribution in [1.82, 2.24) is 4.98 Å². The third-order valence-corrected chi connectivity index (χ3v) is 3.27. The van der Waals surface area contributed by atoms with Gasteiger partial charge in [-0.2, -0.15) is 0 Å². The molecule has 0 bridgehead atoms. The third kappa shape index (κ3) is 2.18. The standard InChI is InChI=1S/C13H13BrN2O2/c1-15-6-8-7-16-13(14)10-5-12(18-3)11(17-2)4-9(8)10/h4-7H,1-3H3. The molecule has 2 rings (SSSR count). The number of halogens is 1. The molecule has 1 aromatic carbocycles. The molecular formula is C13H13BrN2O2. The predicted molar refractivity (Wildman–Crippen MR) is 76.1 cm³/mol. The second-order valence-corrected chi connectivity index (χ2v) is 4.40. The lowest BCUT2D eigenvalue weighted by Crippen LogP contribution is -1.94. The summed E-state index contributed by atoms with van der Waals surface area (Å²) in [5.74, 6) is 1.37. The summed E-state index contributed by atoms with van der Waals surface area (Å²) in [6, 6.07) is 3.83. The van der Waals surface area contributed by atoms with Crippen LogP contribution in [0.1, 0.15) is 5.56 Å². The molecule has 0 fully saturated rings. The minimum Gasteiger partial charge on any atom is -0.493 e. The lowest BCUT2D eigenvalue weighted by molar-refractivity contribution is 0.356. The van der Waals surface area contributed by atoms with Crippen molar-refractivity contribution in [3.05, 3.63) is 28.5 Å². The number of hydrogen-bond acceptors (Lipinski definition) is 4. The zero-order chi connectivity index (χ0) is 13.1. The van der Waals surface area contributed by atoms with Gasteiger partial charge in [0.15, 0.2) is 11.5 Å². The number of benzene rings is 1. The molecule has 2 aromatic rings. The zero-order valence-corrected chi connectivity index (χ0v) is 12.0. The van der Waals surface area contributed by atoms with Gasteiger partial charge in [0.25, 0.3) is 0 Å². The van der Waals surface area contributed by atoms with E-state index in [2.05, 4.69) is 25.9 Å². The van der Waals surface area contributed by atoms with E-state index < -0.39 is 0 Å². The van der Waals surface area contributed by atoms with Gasteiger partial charge in [-0.25, -0.2) is 4.98 Å². The molecule has 0 saturated heterocycles. The Morgan fingerprint density at radius 3 is 2.33 bits per heavy atom. The Hall–Kier alpha value is -1.62. The van der Waals surface area contributed by atoms with E-state index in [4.69, 9.17) is 9.47 Å². The summed E-state index contributed by atoms with van der Waals surface area (Å²) in [7, 11) is 4.96. The Bertz CT molecular complexity index is 611. The first-order valence-electron chi connectivity index (χ1n) is 5.33. The predicted octanol–water partition coefficient (Wildman–Crippen LogP) is 3.06. The van der Waals surface area contributed by atoms with Gasteiger partial charge >= 0.3 is 0 Å². The van der Waals surface area contributed by atoms with Crippen LogP contribution in [0.15, 0.2) is 27.9 Å². The van der Waals surface area contributed by atoms with E-state index in [0.29, 0.717) is 11.5 Å². The summed E-state index contributed by atoms with van der Waals surface area (Å²) >= 11 is 3.44. The smallest absolute Gasteiger partial charge is 0.161 e. The summed E-state index contributed by atoms with van der Waals surface area (Å²) in [5, 5.41) is 1.98. The summed E-state index contributed by atoms with van der Waals surface area (Å²) in [6.07, 6.45) is 3.54. The second kappa shape index (κ2) is 5.35. The van der Waals surface area contributed by atoms with Crippen LogP contribution in [-0.4, -0.2) is 32.5 Å². The number of nitrogens with zero attached hydrogens (tertiary/aromatic N) is 2. The minimum atomic E-state index is 0.679. The first kappa shape index (κ1) is 12.8. The van der Waals surface area contributed by atoms with E-state index in [1.165, 1.54) is 0 Å². The van der Waals surface area contributed by atoms with E-state index in [-0.39, 0.29) is 0 Å². The Morgan fingerprint density at radius 2 is 1.78 bits per heavy atom. The van der Waals surface area contributed by atoms with Crippen LogP contribution in [0.25, 0.3) is 10.8 Å². The minimum absolute atomic E-state index is 0.679. The molecule has 0 amide bonds. The number of rotatable bonds is 3. The van der Waals surface area contributed by atoms with E-state index in [1.807, 2.05) is 12.1 Å². The van der Waals surface area contributed by atoms with Gasteiger partial charge < -0.3 is 9.47 Å². The van der Waals surface area contributed by atoms with Crippen molar-refractivity contribution in [3.63, 3.8) is 0 Å². The van der Waals surface area contributed by atoms with Crippen LogP contribution in [-0.2, 0) is 0 Å². The third-order valence-electron chi connectivity index (χ3n) is 2.64. The van der Waals surface area contributed by atoms with Gasteiger partial charge in [-0.1, -0.05) is 0 Å². The van der Waals surface area contributed by atoms with Crippen molar-refractivity contribution < 1.29 is 9.47 Å². The maximum absolute atomic E-state index is 5.31. The van der Waals surface area contributed by atoms with Crippen LogP contribution in [0, 0.1) is 0 Å². The number of methoxy groups -OCH3 is 2. The van der Waals surface area contributed by atoms with Crippen molar-refractivity contribution in [2.24, 2.45) is 4.99 Å². The van der Waals surface area contributed by atoms with E-state index >= 15 is 0 Å². The number of fused-ring (bicyclic) bond motifs is 1. The van der Waals surface area contributed by atoms with Gasteiger partial charge in [0, 0.05) is 30.4 Å². The highest BCUT2D eigenvalue weighted by atomic mass is 79.9. The molecule has 0 unspecified atom stereocenters. The lowest BCUT2D eigenvalue weighted by atomic mass is 10.1. The average molecular weight is 309 g/mol. The summed E-state index contributed by atoms with van der Waals surface area (Å²) in [5.41, 5.74) is 0.941. The molecule has 1 heterocycles. The number of aromatic nitrogens is 1. The van der Waals surface area contributed by atoms with Gasteiger partial charge in [0.1, 0.15) is 4.60 Å². The number of hydrogen-bond donors (Lipinski definition) is 0. The van der Waals surface area contributed by atoms with Gasteiger partial charge in [-0.05, 0) is 33.4 Å². The molecule has 5 heteroatoms. The maximum Gasteiger partial charge on any atom is 0.161 e. The highest BCUT2D eigenvalue weighted by molar-refractivity contribution is 9.10. The molecular weight excluding hydrogens is 296 g/mol. The van der Waals surface area contributed by atoms with Crippen molar-refractivity contribution in [2.45, 2.75) is 0 Å². The Morgan fingerprint density at radius 1 is 1.17 bits per heavy atom. The SMILES string of the molecule is CN=Cc1cnc(Br)c2cc(OC)c(OC)cc12. The molecule has 4 nitrogen and oxygen atoms in total. The first-order chi connectivity index (χ1) is 8.71. The molecule has 0 atom stereocenters. The fourth-order valence-corrected chi connectivity index (χ4v) is 2.23. The number of aliphatic imine (C=N–C) groups is 1. The van der Waals surface area contributed by atoms with E-state index in [1.54, 1.807) is 33.7 Å². The molecule has 0 radical (unpaired) electrons. The maximum atomic E-state index is 5.31. The molecule has 0 spiro atoms. The van der Waals surface area contributed by atoms with Crippen LogP contribution in [0.5, 0.6) is 11.5 Å². The fraction of sp³-hybridized carbons (Fsp3) is 0.231. The van der Waals surface area contributed by atoms with Gasteiger partial charge in [-0.3, -0.25) is 4.99 Å². The number of ether oxygens (including phenoxy) is 2. The first-order valence-corrected chi connectivity index (χ1v) is 6.13. The Balaban J connectivity index is 2.81. The molecule has 0 aliphatic rings. The molecule has 1 aromatic heterocycles. The normalized spacial score (nSPS) is 11.1. The molecule has 0 N–H and O–H groups in total. The highest BCUT2D eigenvalue weighted by Gasteiger charge is 2.11. The Labute approximate surface area is 114 Å². The van der Waals surface area contributed by atoms with Crippen LogP contribution < -0.4 is 9.47 Å². The van der Waals surface area contributed by atoms with Gasteiger partial charge in [-0.15, -0.1) is 0 Å². The van der Waals surface area contributed by atoms with Crippen LogP contribution in [0.2, 0.25) is 0 Å². The van der Waals surface area contributed by atoms with Crippen LogP contribution in [0.3, 0.4) is 0 Å². The monoisotopic (exact) mass is 308 g/mol. The van der Waals surface area contributed by atoms with Crippen molar-refractivity contribution in [3.8, 4) is 11.5 Å². The van der Waals surface area contributed by atoms with Gasteiger partial charge in [0.05, 0.1) is 14.2 Å². The molecule has 0 aliphatic heterocycles. The van der Waals surface area contributed by atoms with Crippen LogP contribution in [0.4, 0.5) is 0 Å². The number of pyridine rings is 1. The quantitative estimate of drug-likeness (QED) is 0.646. The van der Waals surface area contributed by atoms with Crippen molar-refractivity contribution >= 4 is 32.9 Å². The highest BCUT2D eigenvalue weighted by Crippen LogP contribution is 2.35. The van der Waals surface area contributed by atoms with E-state index in [9.17, 15) is 0 Å². The average Bonchev–Trinajstić information content (AvgIpc) is 2.41. The summed E-state index contributed by atoms with van der Waals surface area (Å²) in [6.45, 7) is 0. The summed E-state index contributed by atoms with van der Waals surface area (Å²) < 4.78 is 11.4. The van der Waals surface area contributed by atoms with Crippen molar-refractivity contribution in [1.29, 1.82) is 0 Å². The lowest BCUT2D eigenvalue weighted by Gasteiger charge is -2.11.